The van der Waals surface area contributed by atoms with Crippen LogP contribution >= 0.6 is 11.3 Å². The SMILES string of the molecule is CCC[C@@H](C)NC(=O)Cc1csc(-c2ccc(F)cc2)n1. The molecule has 1 aromatic carbocycles. The first-order valence-electron chi connectivity index (χ1n) is 7.08. The lowest BCUT2D eigenvalue weighted by Gasteiger charge is -2.11. The van der Waals surface area contributed by atoms with Crippen molar-refractivity contribution < 1.29 is 9.18 Å². The molecule has 1 N–H and O–H groups in total. The van der Waals surface area contributed by atoms with Crippen LogP contribution in [0.15, 0.2) is 29.6 Å². The molecule has 3 nitrogen and oxygen atoms in total. The minimum Gasteiger partial charge on any atom is -0.353 e. The van der Waals surface area contributed by atoms with Gasteiger partial charge in [0, 0.05) is 17.0 Å². The highest BCUT2D eigenvalue weighted by atomic mass is 32.1. The molecule has 1 aromatic heterocycles. The molecule has 0 saturated carbocycles. The van der Waals surface area contributed by atoms with Gasteiger partial charge >= 0.3 is 0 Å². The molecule has 1 atom stereocenters. The van der Waals surface area contributed by atoms with E-state index < -0.39 is 0 Å². The number of nitrogens with zero attached hydrogens (tertiary/aromatic N) is 1. The minimum absolute atomic E-state index is 0.00749. The summed E-state index contributed by atoms with van der Waals surface area (Å²) in [7, 11) is 0. The zero-order valence-corrected chi connectivity index (χ0v) is 13.0. The van der Waals surface area contributed by atoms with E-state index in [0.717, 1.165) is 29.1 Å². The Bertz CT molecular complexity index is 595. The standard InChI is InChI=1S/C16H19FN2OS/c1-3-4-11(2)18-15(20)9-14-10-21-16(19-14)12-5-7-13(17)8-6-12/h5-8,10-11H,3-4,9H2,1-2H3,(H,18,20)/t11-/m1/s1. The van der Waals surface area contributed by atoms with Crippen LogP contribution in [0.4, 0.5) is 4.39 Å². The molecular formula is C16H19FN2OS. The monoisotopic (exact) mass is 306 g/mol. The lowest BCUT2D eigenvalue weighted by Crippen LogP contribution is -2.33. The van der Waals surface area contributed by atoms with Gasteiger partial charge in [0.05, 0.1) is 12.1 Å². The number of hydrogen-bond donors (Lipinski definition) is 1. The Kier molecular flexibility index (Phi) is 5.44. The van der Waals surface area contributed by atoms with E-state index in [1.165, 1.54) is 23.5 Å². The second-order valence-corrected chi connectivity index (χ2v) is 5.94. The summed E-state index contributed by atoms with van der Waals surface area (Å²) in [6, 6.07) is 6.41. The third-order valence-electron chi connectivity index (χ3n) is 3.11. The van der Waals surface area contributed by atoms with Gasteiger partial charge in [-0.15, -0.1) is 11.3 Å². The van der Waals surface area contributed by atoms with Gasteiger partial charge < -0.3 is 5.32 Å². The van der Waals surface area contributed by atoms with Gasteiger partial charge in [0.25, 0.3) is 0 Å². The number of amides is 1. The van der Waals surface area contributed by atoms with Crippen LogP contribution in [0.1, 0.15) is 32.4 Å². The van der Waals surface area contributed by atoms with E-state index in [-0.39, 0.29) is 24.2 Å². The summed E-state index contributed by atoms with van der Waals surface area (Å²) < 4.78 is 12.9. The smallest absolute Gasteiger partial charge is 0.226 e. The second-order valence-electron chi connectivity index (χ2n) is 5.08. The van der Waals surface area contributed by atoms with Gasteiger partial charge in [0.2, 0.25) is 5.91 Å². The summed E-state index contributed by atoms with van der Waals surface area (Å²) in [5, 5.41) is 5.64. The molecule has 2 rings (SSSR count). The van der Waals surface area contributed by atoms with Gasteiger partial charge in [-0.3, -0.25) is 4.79 Å². The summed E-state index contributed by atoms with van der Waals surface area (Å²) >= 11 is 1.47. The molecule has 0 saturated heterocycles. The molecule has 0 aliphatic carbocycles. The molecule has 112 valence electrons. The van der Waals surface area contributed by atoms with Gasteiger partial charge in [0.15, 0.2) is 0 Å². The largest absolute Gasteiger partial charge is 0.353 e. The Labute approximate surface area is 128 Å². The van der Waals surface area contributed by atoms with E-state index in [1.807, 2.05) is 12.3 Å². The van der Waals surface area contributed by atoms with Crippen LogP contribution in [0.3, 0.4) is 0 Å². The zero-order valence-electron chi connectivity index (χ0n) is 12.2. The maximum Gasteiger partial charge on any atom is 0.226 e. The fourth-order valence-electron chi connectivity index (χ4n) is 2.11. The number of nitrogens with one attached hydrogen (secondary N) is 1. The highest BCUT2D eigenvalue weighted by Gasteiger charge is 2.11. The van der Waals surface area contributed by atoms with Crippen molar-refractivity contribution >= 4 is 17.2 Å². The number of rotatable bonds is 6. The van der Waals surface area contributed by atoms with E-state index in [4.69, 9.17) is 0 Å². The van der Waals surface area contributed by atoms with Crippen molar-refractivity contribution in [3.63, 3.8) is 0 Å². The summed E-state index contributed by atoms with van der Waals surface area (Å²) in [6.45, 7) is 4.10. The topological polar surface area (TPSA) is 42.0 Å². The fraction of sp³-hybridized carbons (Fsp3) is 0.375. The van der Waals surface area contributed by atoms with Gasteiger partial charge in [-0.1, -0.05) is 13.3 Å². The van der Waals surface area contributed by atoms with Crippen LogP contribution in [0.25, 0.3) is 10.6 Å². The van der Waals surface area contributed by atoms with Gasteiger partial charge in [-0.25, -0.2) is 9.37 Å². The third-order valence-corrected chi connectivity index (χ3v) is 4.05. The van der Waals surface area contributed by atoms with E-state index >= 15 is 0 Å². The Morgan fingerprint density at radius 2 is 2.10 bits per heavy atom. The molecule has 1 heterocycles. The van der Waals surface area contributed by atoms with Crippen molar-refractivity contribution in [2.45, 2.75) is 39.2 Å². The number of carbonyl (C=O) groups excluding carboxylic acids is 1. The Morgan fingerprint density at radius 1 is 1.38 bits per heavy atom. The molecular weight excluding hydrogens is 287 g/mol. The lowest BCUT2D eigenvalue weighted by atomic mass is 10.2. The Morgan fingerprint density at radius 3 is 2.76 bits per heavy atom. The lowest BCUT2D eigenvalue weighted by molar-refractivity contribution is -0.121. The van der Waals surface area contributed by atoms with E-state index in [0.29, 0.717) is 0 Å². The van der Waals surface area contributed by atoms with E-state index in [1.54, 1.807) is 12.1 Å². The molecule has 0 aliphatic rings. The summed E-state index contributed by atoms with van der Waals surface area (Å²) in [6.07, 6.45) is 2.31. The molecule has 1 amide bonds. The van der Waals surface area contributed by atoms with Crippen LogP contribution in [-0.2, 0) is 11.2 Å². The zero-order chi connectivity index (χ0) is 15.2. The summed E-state index contributed by atoms with van der Waals surface area (Å²) in [5.41, 5.74) is 1.62. The molecule has 0 radical (unpaired) electrons. The average molecular weight is 306 g/mol. The van der Waals surface area contributed by atoms with E-state index in [9.17, 15) is 9.18 Å². The fourth-order valence-corrected chi connectivity index (χ4v) is 2.93. The number of hydrogen-bond acceptors (Lipinski definition) is 3. The normalized spacial score (nSPS) is 12.1. The highest BCUT2D eigenvalue weighted by Crippen LogP contribution is 2.24. The van der Waals surface area contributed by atoms with Crippen LogP contribution in [0.5, 0.6) is 0 Å². The van der Waals surface area contributed by atoms with Gasteiger partial charge in [-0.05, 0) is 37.6 Å². The van der Waals surface area contributed by atoms with Crippen molar-refractivity contribution in [2.24, 2.45) is 0 Å². The number of halogens is 1. The molecule has 5 heteroatoms. The average Bonchev–Trinajstić information content (AvgIpc) is 2.88. The molecule has 21 heavy (non-hydrogen) atoms. The molecule has 0 aliphatic heterocycles. The van der Waals surface area contributed by atoms with Gasteiger partial charge in [0.1, 0.15) is 10.8 Å². The van der Waals surface area contributed by atoms with Crippen LogP contribution in [-0.4, -0.2) is 16.9 Å². The quantitative estimate of drug-likeness (QED) is 0.882. The molecule has 0 bridgehead atoms. The minimum atomic E-state index is -0.264. The van der Waals surface area contributed by atoms with Gasteiger partial charge in [-0.2, -0.15) is 0 Å². The molecule has 0 unspecified atom stereocenters. The molecule has 2 aromatic rings. The molecule has 0 fully saturated rings. The van der Waals surface area contributed by atoms with E-state index in [2.05, 4.69) is 17.2 Å². The van der Waals surface area contributed by atoms with Crippen LogP contribution in [0.2, 0.25) is 0 Å². The number of benzene rings is 1. The highest BCUT2D eigenvalue weighted by molar-refractivity contribution is 7.13. The third kappa shape index (κ3) is 4.63. The predicted octanol–water partition coefficient (Wildman–Crippen LogP) is 3.80. The second kappa shape index (κ2) is 7.31. The van der Waals surface area contributed by atoms with Crippen LogP contribution in [0, 0.1) is 5.82 Å². The van der Waals surface area contributed by atoms with Crippen molar-refractivity contribution in [2.75, 3.05) is 0 Å². The maximum atomic E-state index is 12.9. The Hall–Kier alpha value is -1.75. The molecule has 0 spiro atoms. The van der Waals surface area contributed by atoms with Crippen molar-refractivity contribution in [1.82, 2.24) is 10.3 Å². The van der Waals surface area contributed by atoms with Crippen molar-refractivity contribution in [1.29, 1.82) is 0 Å². The Balaban J connectivity index is 1.97. The predicted molar refractivity (Wildman–Crippen MR) is 83.7 cm³/mol. The van der Waals surface area contributed by atoms with Crippen molar-refractivity contribution in [3.8, 4) is 10.6 Å². The first-order valence-corrected chi connectivity index (χ1v) is 7.96. The number of aromatic nitrogens is 1. The van der Waals surface area contributed by atoms with Crippen molar-refractivity contribution in [3.05, 3.63) is 41.2 Å². The number of thiazole rings is 1. The summed E-state index contributed by atoms with van der Waals surface area (Å²) in [4.78, 5) is 16.3. The maximum absolute atomic E-state index is 12.9. The number of carbonyl (C=O) groups is 1. The first-order chi connectivity index (χ1) is 10.1. The first kappa shape index (κ1) is 15.6. The van der Waals surface area contributed by atoms with Crippen LogP contribution < -0.4 is 5.32 Å². The summed E-state index contributed by atoms with van der Waals surface area (Å²) in [5.74, 6) is -0.272.